The Morgan fingerprint density at radius 1 is 1.42 bits per heavy atom. The first kappa shape index (κ1) is 14.5. The van der Waals surface area contributed by atoms with Crippen molar-refractivity contribution in [1.82, 2.24) is 14.9 Å². The molecule has 2 heterocycles. The number of rotatable bonds is 5. The van der Waals surface area contributed by atoms with Crippen LogP contribution in [0.1, 0.15) is 38.7 Å². The summed E-state index contributed by atoms with van der Waals surface area (Å²) in [5.74, 6) is 0.921. The minimum absolute atomic E-state index is 0.468. The van der Waals surface area contributed by atoms with Gasteiger partial charge < -0.3 is 10.2 Å². The maximum atomic E-state index is 6.18. The second-order valence-electron chi connectivity index (χ2n) is 5.12. The molecule has 19 heavy (non-hydrogen) atoms. The van der Waals surface area contributed by atoms with E-state index in [1.54, 1.807) is 6.33 Å². The summed E-state index contributed by atoms with van der Waals surface area (Å²) in [5.41, 5.74) is 1.06. The molecule has 1 saturated heterocycles. The fourth-order valence-electron chi connectivity index (χ4n) is 2.64. The largest absolute Gasteiger partial charge is 0.366 e. The monoisotopic (exact) mass is 282 g/mol. The number of nitrogens with one attached hydrogen (secondary N) is 1. The highest BCUT2D eigenvalue weighted by Crippen LogP contribution is 2.23. The van der Waals surface area contributed by atoms with Crippen LogP contribution in [0.15, 0.2) is 6.33 Å². The van der Waals surface area contributed by atoms with Crippen LogP contribution in [0.25, 0.3) is 0 Å². The SMILES string of the molecule is CCCc1c(Cl)ncnc1NC1CCCN(CC)C1. The number of anilines is 1. The number of hydrogen-bond donors (Lipinski definition) is 1. The van der Waals surface area contributed by atoms with Crippen LogP contribution in [0.2, 0.25) is 5.15 Å². The third kappa shape index (κ3) is 3.80. The van der Waals surface area contributed by atoms with E-state index < -0.39 is 0 Å². The van der Waals surface area contributed by atoms with E-state index in [-0.39, 0.29) is 0 Å². The first-order chi connectivity index (χ1) is 9.24. The quantitative estimate of drug-likeness (QED) is 0.843. The van der Waals surface area contributed by atoms with E-state index in [2.05, 4.69) is 34.0 Å². The van der Waals surface area contributed by atoms with Gasteiger partial charge in [0.05, 0.1) is 0 Å². The Bertz CT molecular complexity index is 410. The Labute approximate surface area is 120 Å². The van der Waals surface area contributed by atoms with E-state index in [0.29, 0.717) is 11.2 Å². The van der Waals surface area contributed by atoms with Crippen molar-refractivity contribution in [2.24, 2.45) is 0 Å². The molecule has 1 atom stereocenters. The second-order valence-corrected chi connectivity index (χ2v) is 5.48. The Kier molecular flexibility index (Phi) is 5.40. The lowest BCUT2D eigenvalue weighted by molar-refractivity contribution is 0.226. The average molecular weight is 283 g/mol. The molecule has 0 radical (unpaired) electrons. The lowest BCUT2D eigenvalue weighted by atomic mass is 10.1. The van der Waals surface area contributed by atoms with Gasteiger partial charge in [0.2, 0.25) is 0 Å². The Hall–Kier alpha value is -0.870. The lowest BCUT2D eigenvalue weighted by Gasteiger charge is -2.32. The van der Waals surface area contributed by atoms with Crippen LogP contribution in [0.3, 0.4) is 0 Å². The minimum atomic E-state index is 0.468. The highest BCUT2D eigenvalue weighted by Gasteiger charge is 2.20. The highest BCUT2D eigenvalue weighted by atomic mass is 35.5. The van der Waals surface area contributed by atoms with Crippen LogP contribution >= 0.6 is 11.6 Å². The van der Waals surface area contributed by atoms with Crippen molar-refractivity contribution >= 4 is 17.4 Å². The Morgan fingerprint density at radius 3 is 3.00 bits per heavy atom. The summed E-state index contributed by atoms with van der Waals surface area (Å²) < 4.78 is 0. The fraction of sp³-hybridized carbons (Fsp3) is 0.714. The van der Waals surface area contributed by atoms with E-state index in [1.165, 1.54) is 19.4 Å². The van der Waals surface area contributed by atoms with Gasteiger partial charge in [-0.1, -0.05) is 31.9 Å². The molecule has 2 rings (SSSR count). The number of nitrogens with zero attached hydrogens (tertiary/aromatic N) is 3. The van der Waals surface area contributed by atoms with Gasteiger partial charge in [0.15, 0.2) is 0 Å². The highest BCUT2D eigenvalue weighted by molar-refractivity contribution is 6.30. The summed E-state index contributed by atoms with van der Waals surface area (Å²) in [6.45, 7) is 7.77. The van der Waals surface area contributed by atoms with Crippen LogP contribution in [-0.4, -0.2) is 40.5 Å². The number of likely N-dealkylation sites (N-methyl/N-ethyl adjacent to an activating group) is 1. The summed E-state index contributed by atoms with van der Waals surface area (Å²) in [7, 11) is 0. The van der Waals surface area contributed by atoms with E-state index in [9.17, 15) is 0 Å². The van der Waals surface area contributed by atoms with Crippen molar-refractivity contribution in [2.45, 2.75) is 45.6 Å². The van der Waals surface area contributed by atoms with Gasteiger partial charge in [0.25, 0.3) is 0 Å². The maximum Gasteiger partial charge on any atom is 0.137 e. The van der Waals surface area contributed by atoms with Gasteiger partial charge in [-0.25, -0.2) is 9.97 Å². The van der Waals surface area contributed by atoms with Crippen molar-refractivity contribution < 1.29 is 0 Å². The van der Waals surface area contributed by atoms with Crippen molar-refractivity contribution in [1.29, 1.82) is 0 Å². The molecule has 1 fully saturated rings. The van der Waals surface area contributed by atoms with Crippen LogP contribution in [0.4, 0.5) is 5.82 Å². The molecule has 0 spiro atoms. The van der Waals surface area contributed by atoms with Crippen molar-refractivity contribution in [3.8, 4) is 0 Å². The Morgan fingerprint density at radius 2 is 2.26 bits per heavy atom. The molecule has 0 aromatic carbocycles. The number of likely N-dealkylation sites (tertiary alicyclic amines) is 1. The topological polar surface area (TPSA) is 41.1 Å². The summed E-state index contributed by atoms with van der Waals surface area (Å²) >= 11 is 6.18. The van der Waals surface area contributed by atoms with Crippen molar-refractivity contribution in [3.63, 3.8) is 0 Å². The van der Waals surface area contributed by atoms with Gasteiger partial charge in [-0.3, -0.25) is 0 Å². The van der Waals surface area contributed by atoms with E-state index in [0.717, 1.165) is 37.3 Å². The second kappa shape index (κ2) is 7.06. The molecular formula is C14H23ClN4. The zero-order valence-corrected chi connectivity index (χ0v) is 12.6. The smallest absolute Gasteiger partial charge is 0.137 e. The van der Waals surface area contributed by atoms with E-state index in [1.807, 2.05) is 0 Å². The number of hydrogen-bond acceptors (Lipinski definition) is 4. The summed E-state index contributed by atoms with van der Waals surface area (Å²) in [4.78, 5) is 10.9. The van der Waals surface area contributed by atoms with Gasteiger partial charge in [0.1, 0.15) is 17.3 Å². The summed E-state index contributed by atoms with van der Waals surface area (Å²) in [6.07, 6.45) is 5.96. The lowest BCUT2D eigenvalue weighted by Crippen LogP contribution is -2.42. The van der Waals surface area contributed by atoms with Crippen LogP contribution in [0, 0.1) is 0 Å². The molecule has 1 N–H and O–H groups in total. The van der Waals surface area contributed by atoms with Gasteiger partial charge >= 0.3 is 0 Å². The molecule has 0 aliphatic carbocycles. The molecule has 1 aliphatic heterocycles. The first-order valence-corrected chi connectivity index (χ1v) is 7.60. The first-order valence-electron chi connectivity index (χ1n) is 7.22. The van der Waals surface area contributed by atoms with Crippen LogP contribution in [0.5, 0.6) is 0 Å². The van der Waals surface area contributed by atoms with Gasteiger partial charge in [-0.05, 0) is 32.4 Å². The molecule has 1 aromatic heterocycles. The minimum Gasteiger partial charge on any atom is -0.366 e. The zero-order valence-electron chi connectivity index (χ0n) is 11.8. The zero-order chi connectivity index (χ0) is 13.7. The molecular weight excluding hydrogens is 260 g/mol. The molecule has 0 bridgehead atoms. The Balaban J connectivity index is 2.07. The number of halogens is 1. The standard InChI is InChI=1S/C14H23ClN4/c1-3-6-12-13(15)16-10-17-14(12)18-11-7-5-8-19(4-2)9-11/h10-11H,3-9H2,1-2H3,(H,16,17,18). The molecule has 1 aromatic rings. The molecule has 0 saturated carbocycles. The van der Waals surface area contributed by atoms with Crippen molar-refractivity contribution in [2.75, 3.05) is 25.0 Å². The molecule has 5 heteroatoms. The van der Waals surface area contributed by atoms with Gasteiger partial charge in [0, 0.05) is 18.2 Å². The molecule has 106 valence electrons. The number of aromatic nitrogens is 2. The molecule has 0 amide bonds. The summed E-state index contributed by atoms with van der Waals surface area (Å²) in [6, 6.07) is 0.468. The molecule has 4 nitrogen and oxygen atoms in total. The number of piperidine rings is 1. The average Bonchev–Trinajstić information content (AvgIpc) is 2.43. The van der Waals surface area contributed by atoms with Crippen LogP contribution < -0.4 is 5.32 Å². The third-order valence-corrected chi connectivity index (χ3v) is 4.01. The predicted molar refractivity (Wildman–Crippen MR) is 79.8 cm³/mol. The van der Waals surface area contributed by atoms with Gasteiger partial charge in [-0.15, -0.1) is 0 Å². The van der Waals surface area contributed by atoms with E-state index >= 15 is 0 Å². The van der Waals surface area contributed by atoms with Crippen LogP contribution in [-0.2, 0) is 6.42 Å². The van der Waals surface area contributed by atoms with Crippen molar-refractivity contribution in [3.05, 3.63) is 17.0 Å². The predicted octanol–water partition coefficient (Wildman–Crippen LogP) is 2.98. The van der Waals surface area contributed by atoms with Gasteiger partial charge in [-0.2, -0.15) is 0 Å². The molecule has 1 unspecified atom stereocenters. The fourth-order valence-corrected chi connectivity index (χ4v) is 2.87. The third-order valence-electron chi connectivity index (χ3n) is 3.69. The maximum absolute atomic E-state index is 6.18. The summed E-state index contributed by atoms with van der Waals surface area (Å²) in [5, 5.41) is 4.15. The molecule has 1 aliphatic rings. The normalized spacial score (nSPS) is 20.5. The van der Waals surface area contributed by atoms with E-state index in [4.69, 9.17) is 11.6 Å².